The zero-order valence-corrected chi connectivity index (χ0v) is 6.91. The Morgan fingerprint density at radius 1 is 1.44 bits per heavy atom. The first-order valence-electron chi connectivity index (χ1n) is 3.95. The number of nitrogens with one attached hydrogen (secondary N) is 1. The van der Waals surface area contributed by atoms with Crippen LogP contribution < -0.4 is 5.32 Å². The summed E-state index contributed by atoms with van der Waals surface area (Å²) in [6.07, 6.45) is 4.02. The molecule has 56 valence electrons. The van der Waals surface area contributed by atoms with Crippen molar-refractivity contribution in [3.63, 3.8) is 0 Å². The molecule has 0 saturated heterocycles. The van der Waals surface area contributed by atoms with Crippen molar-refractivity contribution in [2.75, 3.05) is 13.6 Å². The Bertz CT molecular complexity index is 52.5. The molecule has 0 aliphatic heterocycles. The summed E-state index contributed by atoms with van der Waals surface area (Å²) in [5.41, 5.74) is 0. The Kier molecular flexibility index (Phi) is 6.06. The quantitative estimate of drug-likeness (QED) is 0.560. The molecule has 0 heterocycles. The van der Waals surface area contributed by atoms with Crippen molar-refractivity contribution in [3.8, 4) is 0 Å². The van der Waals surface area contributed by atoms with Crippen LogP contribution in [0, 0.1) is 5.92 Å². The molecule has 1 atom stereocenters. The van der Waals surface area contributed by atoms with Crippen molar-refractivity contribution in [2.24, 2.45) is 5.92 Å². The van der Waals surface area contributed by atoms with E-state index < -0.39 is 0 Å². The van der Waals surface area contributed by atoms with Crippen LogP contribution in [0.5, 0.6) is 0 Å². The molecule has 0 aliphatic rings. The van der Waals surface area contributed by atoms with E-state index in [1.165, 1.54) is 25.8 Å². The van der Waals surface area contributed by atoms with Crippen molar-refractivity contribution >= 4 is 0 Å². The Hall–Kier alpha value is -0.0400. The predicted octanol–water partition coefficient (Wildman–Crippen LogP) is 2.03. The Labute approximate surface area is 58.8 Å². The van der Waals surface area contributed by atoms with Crippen molar-refractivity contribution in [2.45, 2.75) is 33.1 Å². The second-order valence-corrected chi connectivity index (χ2v) is 2.76. The van der Waals surface area contributed by atoms with Gasteiger partial charge in [-0.05, 0) is 32.4 Å². The third kappa shape index (κ3) is 5.84. The molecule has 0 aromatic heterocycles. The van der Waals surface area contributed by atoms with Gasteiger partial charge >= 0.3 is 0 Å². The Morgan fingerprint density at radius 3 is 2.56 bits per heavy atom. The molecule has 0 bridgehead atoms. The average molecular weight is 129 g/mol. The normalized spacial score (nSPS) is 13.7. The maximum absolute atomic E-state index is 3.15. The van der Waals surface area contributed by atoms with Crippen LogP contribution in [0.4, 0.5) is 0 Å². The number of hydrogen-bond donors (Lipinski definition) is 1. The molecular weight excluding hydrogens is 110 g/mol. The van der Waals surface area contributed by atoms with E-state index >= 15 is 0 Å². The monoisotopic (exact) mass is 129 g/mol. The van der Waals surface area contributed by atoms with E-state index in [1.54, 1.807) is 0 Å². The van der Waals surface area contributed by atoms with E-state index in [9.17, 15) is 0 Å². The van der Waals surface area contributed by atoms with E-state index in [1.807, 2.05) is 7.05 Å². The third-order valence-electron chi connectivity index (χ3n) is 1.82. The molecule has 1 N–H and O–H groups in total. The fourth-order valence-electron chi connectivity index (χ4n) is 0.831. The molecule has 0 aliphatic carbocycles. The highest BCUT2D eigenvalue weighted by Gasteiger charge is 1.95. The van der Waals surface area contributed by atoms with Gasteiger partial charge in [-0.1, -0.05) is 20.3 Å². The number of hydrogen-bond acceptors (Lipinski definition) is 1. The highest BCUT2D eigenvalue weighted by atomic mass is 14.8. The standard InChI is InChI=1S/C8H19N/c1-4-8(2)6-5-7-9-3/h8-9H,4-7H2,1-3H3/t8-/m0/s1. The van der Waals surface area contributed by atoms with Gasteiger partial charge in [-0.2, -0.15) is 0 Å². The maximum Gasteiger partial charge on any atom is -0.00518 e. The summed E-state index contributed by atoms with van der Waals surface area (Å²) in [7, 11) is 2.01. The van der Waals surface area contributed by atoms with Crippen LogP contribution in [0.2, 0.25) is 0 Å². The van der Waals surface area contributed by atoms with Crippen LogP contribution in [0.3, 0.4) is 0 Å². The molecule has 1 nitrogen and oxygen atoms in total. The van der Waals surface area contributed by atoms with Gasteiger partial charge in [0.05, 0.1) is 0 Å². The maximum atomic E-state index is 3.15. The zero-order chi connectivity index (χ0) is 7.11. The Morgan fingerprint density at radius 2 is 2.11 bits per heavy atom. The summed E-state index contributed by atoms with van der Waals surface area (Å²) >= 11 is 0. The molecule has 0 unspecified atom stereocenters. The van der Waals surface area contributed by atoms with Crippen LogP contribution in [0.15, 0.2) is 0 Å². The molecule has 1 heteroatoms. The van der Waals surface area contributed by atoms with E-state index in [-0.39, 0.29) is 0 Å². The van der Waals surface area contributed by atoms with E-state index in [4.69, 9.17) is 0 Å². The van der Waals surface area contributed by atoms with Gasteiger partial charge in [-0.25, -0.2) is 0 Å². The van der Waals surface area contributed by atoms with E-state index in [2.05, 4.69) is 19.2 Å². The minimum atomic E-state index is 0.915. The second kappa shape index (κ2) is 6.09. The average Bonchev–Trinajstić information content (AvgIpc) is 1.89. The lowest BCUT2D eigenvalue weighted by atomic mass is 10.0. The van der Waals surface area contributed by atoms with Gasteiger partial charge in [0.1, 0.15) is 0 Å². The summed E-state index contributed by atoms with van der Waals surface area (Å²) in [4.78, 5) is 0. The van der Waals surface area contributed by atoms with Gasteiger partial charge in [-0.15, -0.1) is 0 Å². The third-order valence-corrected chi connectivity index (χ3v) is 1.82. The molecule has 0 aromatic carbocycles. The lowest BCUT2D eigenvalue weighted by Gasteiger charge is -2.06. The number of rotatable bonds is 5. The molecule has 0 aromatic rings. The van der Waals surface area contributed by atoms with E-state index in [0.717, 1.165) is 5.92 Å². The highest BCUT2D eigenvalue weighted by Crippen LogP contribution is 2.07. The van der Waals surface area contributed by atoms with Gasteiger partial charge in [0.2, 0.25) is 0 Å². The largest absolute Gasteiger partial charge is 0.320 e. The second-order valence-electron chi connectivity index (χ2n) is 2.76. The first-order chi connectivity index (χ1) is 4.31. The van der Waals surface area contributed by atoms with Crippen molar-refractivity contribution in [3.05, 3.63) is 0 Å². The lowest BCUT2D eigenvalue weighted by Crippen LogP contribution is -2.08. The molecular formula is C8H19N. The summed E-state index contributed by atoms with van der Waals surface area (Å²) in [5, 5.41) is 3.15. The summed E-state index contributed by atoms with van der Waals surface area (Å²) in [5.74, 6) is 0.915. The van der Waals surface area contributed by atoms with Gasteiger partial charge in [0.15, 0.2) is 0 Å². The minimum Gasteiger partial charge on any atom is -0.320 e. The fraction of sp³-hybridized carbons (Fsp3) is 1.00. The Balaban J connectivity index is 2.88. The van der Waals surface area contributed by atoms with Crippen molar-refractivity contribution < 1.29 is 0 Å². The molecule has 0 fully saturated rings. The molecule has 0 spiro atoms. The smallest absolute Gasteiger partial charge is 0.00518 e. The SMILES string of the molecule is CC[C@H](C)CCCNC. The molecule has 0 amide bonds. The molecule has 0 radical (unpaired) electrons. The van der Waals surface area contributed by atoms with Gasteiger partial charge in [0.25, 0.3) is 0 Å². The summed E-state index contributed by atoms with van der Waals surface area (Å²) < 4.78 is 0. The topological polar surface area (TPSA) is 12.0 Å². The lowest BCUT2D eigenvalue weighted by molar-refractivity contribution is 0.489. The van der Waals surface area contributed by atoms with Crippen molar-refractivity contribution in [1.82, 2.24) is 5.32 Å². The highest BCUT2D eigenvalue weighted by molar-refractivity contribution is 4.50. The molecule has 9 heavy (non-hydrogen) atoms. The van der Waals surface area contributed by atoms with E-state index in [0.29, 0.717) is 0 Å². The fourth-order valence-corrected chi connectivity index (χ4v) is 0.831. The first-order valence-corrected chi connectivity index (χ1v) is 3.95. The zero-order valence-electron chi connectivity index (χ0n) is 6.91. The van der Waals surface area contributed by atoms with Crippen LogP contribution in [-0.2, 0) is 0 Å². The first kappa shape index (κ1) is 8.96. The van der Waals surface area contributed by atoms with Gasteiger partial charge in [-0.3, -0.25) is 0 Å². The van der Waals surface area contributed by atoms with Crippen LogP contribution in [0.1, 0.15) is 33.1 Å². The van der Waals surface area contributed by atoms with Crippen LogP contribution >= 0.6 is 0 Å². The molecule has 0 rings (SSSR count). The van der Waals surface area contributed by atoms with Crippen LogP contribution in [-0.4, -0.2) is 13.6 Å². The van der Waals surface area contributed by atoms with Crippen molar-refractivity contribution in [1.29, 1.82) is 0 Å². The van der Waals surface area contributed by atoms with Gasteiger partial charge in [0, 0.05) is 0 Å². The van der Waals surface area contributed by atoms with Crippen LogP contribution in [0.25, 0.3) is 0 Å². The minimum absolute atomic E-state index is 0.915. The molecule has 0 saturated carbocycles. The predicted molar refractivity (Wildman–Crippen MR) is 42.6 cm³/mol. The van der Waals surface area contributed by atoms with Gasteiger partial charge < -0.3 is 5.32 Å². The summed E-state index contributed by atoms with van der Waals surface area (Å²) in [6, 6.07) is 0. The summed E-state index contributed by atoms with van der Waals surface area (Å²) in [6.45, 7) is 5.74.